The van der Waals surface area contributed by atoms with E-state index in [0.717, 1.165) is 18.2 Å². The molecule has 2 N–H and O–H groups in total. The minimum atomic E-state index is -5.16. The number of rotatable bonds is 5. The van der Waals surface area contributed by atoms with Gasteiger partial charge in [-0.15, -0.1) is 5.10 Å². The lowest BCUT2D eigenvalue weighted by Crippen LogP contribution is -2.21. The Morgan fingerprint density at radius 1 is 0.973 bits per heavy atom. The third-order valence-electron chi connectivity index (χ3n) is 5.02. The largest absolute Gasteiger partial charge is 0.435 e. The highest BCUT2D eigenvalue weighted by atomic mass is 19.4. The van der Waals surface area contributed by atoms with Gasteiger partial charge in [0, 0.05) is 24.0 Å². The number of carbonyl (C=O) groups is 1. The van der Waals surface area contributed by atoms with E-state index in [0.29, 0.717) is 23.2 Å². The standard InChI is InChI=1S/C22H11F6N7O2/c23-13-3-2-11(8-14(13)24)35-18(22(26,27)28)17(33-34-35)20(36)32-10-1-4-16(15(25)7-10)37-21-12-5-6-29-19(12)30-9-31-21/h1-9H,(H,32,36)(H,29,30,31). The van der Waals surface area contributed by atoms with Crippen molar-refractivity contribution < 1.29 is 35.9 Å². The van der Waals surface area contributed by atoms with E-state index in [2.05, 4.69) is 30.6 Å². The van der Waals surface area contributed by atoms with Crippen molar-refractivity contribution in [3.05, 3.63) is 83.8 Å². The normalized spacial score (nSPS) is 11.6. The number of aromatic nitrogens is 6. The van der Waals surface area contributed by atoms with Gasteiger partial charge in [-0.2, -0.15) is 13.2 Å². The predicted molar refractivity (Wildman–Crippen MR) is 115 cm³/mol. The monoisotopic (exact) mass is 519 g/mol. The zero-order valence-electron chi connectivity index (χ0n) is 18.0. The highest BCUT2D eigenvalue weighted by molar-refractivity contribution is 6.03. The van der Waals surface area contributed by atoms with Crippen LogP contribution in [0.2, 0.25) is 0 Å². The van der Waals surface area contributed by atoms with Gasteiger partial charge in [0.15, 0.2) is 34.6 Å². The third-order valence-corrected chi connectivity index (χ3v) is 5.02. The minimum Gasteiger partial charge on any atom is -0.435 e. The number of aromatic amines is 1. The Kier molecular flexibility index (Phi) is 5.74. The lowest BCUT2D eigenvalue weighted by atomic mass is 10.2. The van der Waals surface area contributed by atoms with Crippen molar-refractivity contribution in [2.24, 2.45) is 0 Å². The molecular formula is C22H11F6N7O2. The molecular weight excluding hydrogens is 508 g/mol. The summed E-state index contributed by atoms with van der Waals surface area (Å²) in [5.74, 6) is -5.28. The Hall–Kier alpha value is -4.95. The maximum atomic E-state index is 14.7. The van der Waals surface area contributed by atoms with Gasteiger partial charge in [-0.05, 0) is 30.3 Å². The number of fused-ring (bicyclic) bond motifs is 1. The number of nitrogens with one attached hydrogen (secondary N) is 2. The molecule has 0 unspecified atom stereocenters. The minimum absolute atomic E-state index is 0.0469. The Labute approximate surface area is 201 Å². The van der Waals surface area contributed by atoms with Crippen LogP contribution in [0.5, 0.6) is 11.6 Å². The molecule has 0 spiro atoms. The van der Waals surface area contributed by atoms with E-state index in [1.165, 1.54) is 12.4 Å². The van der Waals surface area contributed by atoms with Gasteiger partial charge in [0.2, 0.25) is 5.88 Å². The van der Waals surface area contributed by atoms with Gasteiger partial charge in [-0.25, -0.2) is 27.8 Å². The number of alkyl halides is 3. The first kappa shape index (κ1) is 23.8. The molecule has 3 heterocycles. The Balaban J connectivity index is 1.41. The third kappa shape index (κ3) is 4.53. The molecule has 2 aromatic carbocycles. The number of hydrogen-bond donors (Lipinski definition) is 2. The molecule has 0 saturated carbocycles. The number of benzene rings is 2. The summed E-state index contributed by atoms with van der Waals surface area (Å²) in [6, 6.07) is 6.64. The van der Waals surface area contributed by atoms with Crippen LogP contribution in [0.4, 0.5) is 32.0 Å². The topological polar surface area (TPSA) is 111 Å². The smallest absolute Gasteiger partial charge is 0.435 e. The van der Waals surface area contributed by atoms with E-state index >= 15 is 0 Å². The summed E-state index contributed by atoms with van der Waals surface area (Å²) in [5.41, 5.74) is -3.11. The van der Waals surface area contributed by atoms with Crippen LogP contribution in [0, 0.1) is 17.5 Å². The van der Waals surface area contributed by atoms with Crippen molar-refractivity contribution in [2.45, 2.75) is 6.18 Å². The summed E-state index contributed by atoms with van der Waals surface area (Å²) < 4.78 is 88.4. The second-order valence-electron chi connectivity index (χ2n) is 7.41. The van der Waals surface area contributed by atoms with Crippen LogP contribution in [0.25, 0.3) is 16.7 Å². The fourth-order valence-corrected chi connectivity index (χ4v) is 3.37. The van der Waals surface area contributed by atoms with Crippen molar-refractivity contribution in [2.75, 3.05) is 5.32 Å². The fourth-order valence-electron chi connectivity index (χ4n) is 3.37. The van der Waals surface area contributed by atoms with Gasteiger partial charge in [0.05, 0.1) is 11.1 Å². The molecule has 0 aliphatic heterocycles. The van der Waals surface area contributed by atoms with Crippen LogP contribution in [-0.2, 0) is 6.18 Å². The molecule has 5 aromatic rings. The van der Waals surface area contributed by atoms with Gasteiger partial charge in [-0.3, -0.25) is 4.79 Å². The number of carbonyl (C=O) groups excluding carboxylic acids is 1. The number of anilines is 1. The molecule has 3 aromatic heterocycles. The SMILES string of the molecule is O=C(Nc1ccc(Oc2ncnc3[nH]ccc23)c(F)c1)c1nnn(-c2ccc(F)c(F)c2)c1C(F)(F)F. The number of amides is 1. The molecule has 1 amide bonds. The van der Waals surface area contributed by atoms with Crippen LogP contribution < -0.4 is 10.1 Å². The number of H-pyrrole nitrogens is 1. The maximum absolute atomic E-state index is 14.7. The van der Waals surface area contributed by atoms with Crippen molar-refractivity contribution in [1.29, 1.82) is 0 Å². The zero-order valence-corrected chi connectivity index (χ0v) is 18.0. The summed E-state index contributed by atoms with van der Waals surface area (Å²) in [5, 5.41) is 9.10. The van der Waals surface area contributed by atoms with Gasteiger partial charge in [0.25, 0.3) is 5.91 Å². The van der Waals surface area contributed by atoms with E-state index in [9.17, 15) is 31.1 Å². The van der Waals surface area contributed by atoms with E-state index in [-0.39, 0.29) is 22.0 Å². The molecule has 188 valence electrons. The average molecular weight is 519 g/mol. The fraction of sp³-hybridized carbons (Fsp3) is 0.0455. The molecule has 0 saturated heterocycles. The van der Waals surface area contributed by atoms with Gasteiger partial charge >= 0.3 is 6.18 Å². The Bertz CT molecular complexity index is 1650. The molecule has 0 radical (unpaired) electrons. The summed E-state index contributed by atoms with van der Waals surface area (Å²) >= 11 is 0. The van der Waals surface area contributed by atoms with Crippen LogP contribution in [0.3, 0.4) is 0 Å². The molecule has 0 bridgehead atoms. The molecule has 0 atom stereocenters. The van der Waals surface area contributed by atoms with Crippen LogP contribution in [0.15, 0.2) is 55.0 Å². The average Bonchev–Trinajstić information content (AvgIpc) is 3.50. The molecule has 9 nitrogen and oxygen atoms in total. The lowest BCUT2D eigenvalue weighted by Gasteiger charge is -2.12. The van der Waals surface area contributed by atoms with Gasteiger partial charge in [0.1, 0.15) is 12.0 Å². The van der Waals surface area contributed by atoms with Crippen molar-refractivity contribution in [3.63, 3.8) is 0 Å². The molecule has 15 heteroatoms. The summed E-state index contributed by atoms with van der Waals surface area (Å²) in [4.78, 5) is 23.4. The van der Waals surface area contributed by atoms with Crippen LogP contribution >= 0.6 is 0 Å². The first-order chi connectivity index (χ1) is 17.6. The van der Waals surface area contributed by atoms with Gasteiger partial charge < -0.3 is 15.0 Å². The Morgan fingerprint density at radius 2 is 1.78 bits per heavy atom. The van der Waals surface area contributed by atoms with E-state index < -0.39 is 46.6 Å². The van der Waals surface area contributed by atoms with E-state index in [4.69, 9.17) is 4.74 Å². The molecule has 37 heavy (non-hydrogen) atoms. The van der Waals surface area contributed by atoms with Crippen LogP contribution in [0.1, 0.15) is 16.2 Å². The number of halogens is 6. The number of nitrogens with zero attached hydrogens (tertiary/aromatic N) is 5. The first-order valence-corrected chi connectivity index (χ1v) is 10.2. The number of hydrogen-bond acceptors (Lipinski definition) is 6. The number of ether oxygens (including phenoxy) is 1. The maximum Gasteiger partial charge on any atom is 0.435 e. The van der Waals surface area contributed by atoms with E-state index in [1.54, 1.807) is 12.3 Å². The lowest BCUT2D eigenvalue weighted by molar-refractivity contribution is -0.143. The predicted octanol–water partition coefficient (Wildman–Crippen LogP) is 5.02. The second-order valence-corrected chi connectivity index (χ2v) is 7.41. The van der Waals surface area contributed by atoms with Crippen molar-refractivity contribution in [3.8, 4) is 17.3 Å². The first-order valence-electron chi connectivity index (χ1n) is 10.2. The summed E-state index contributed by atoms with van der Waals surface area (Å²) in [6.45, 7) is 0. The summed E-state index contributed by atoms with van der Waals surface area (Å²) in [6.07, 6.45) is -2.38. The highest BCUT2D eigenvalue weighted by Gasteiger charge is 2.42. The quantitative estimate of drug-likeness (QED) is 0.316. The van der Waals surface area contributed by atoms with E-state index in [1.807, 2.05) is 0 Å². The molecule has 0 aliphatic rings. The molecule has 0 aliphatic carbocycles. The Morgan fingerprint density at radius 3 is 2.51 bits per heavy atom. The highest BCUT2D eigenvalue weighted by Crippen LogP contribution is 2.34. The second kappa shape index (κ2) is 8.92. The van der Waals surface area contributed by atoms with Gasteiger partial charge in [-0.1, -0.05) is 5.21 Å². The van der Waals surface area contributed by atoms with Crippen molar-refractivity contribution in [1.82, 2.24) is 29.9 Å². The van der Waals surface area contributed by atoms with Crippen LogP contribution in [-0.4, -0.2) is 35.9 Å². The zero-order chi connectivity index (χ0) is 26.3. The molecule has 5 rings (SSSR count). The van der Waals surface area contributed by atoms with Crippen molar-refractivity contribution >= 4 is 22.6 Å². The summed E-state index contributed by atoms with van der Waals surface area (Å²) in [7, 11) is 0. The molecule has 0 fully saturated rings.